The average Bonchev–Trinajstić information content (AvgIpc) is 3.51. The van der Waals surface area contributed by atoms with Crippen molar-refractivity contribution in [2.45, 2.75) is 39.0 Å². The highest BCUT2D eigenvalue weighted by Gasteiger charge is 2.34. The van der Waals surface area contributed by atoms with E-state index in [0.29, 0.717) is 0 Å². The molecule has 4 aliphatic rings. The predicted octanol–water partition coefficient (Wildman–Crippen LogP) is 4.50. The minimum absolute atomic E-state index is 0.731. The summed E-state index contributed by atoms with van der Waals surface area (Å²) in [5, 5.41) is 8.46. The Bertz CT molecular complexity index is 406. The maximum absolute atomic E-state index is 10.3. The van der Waals surface area contributed by atoms with Gasteiger partial charge in [-0.05, 0) is 43.9 Å². The van der Waals surface area contributed by atoms with E-state index in [9.17, 15) is 4.79 Å². The molecule has 1 saturated carbocycles. The number of piperidine rings is 1. The van der Waals surface area contributed by atoms with E-state index >= 15 is 0 Å². The number of amides is 1. The summed E-state index contributed by atoms with van der Waals surface area (Å²) in [7, 11) is 0. The van der Waals surface area contributed by atoms with Gasteiger partial charge in [0.25, 0.3) is 0 Å². The van der Waals surface area contributed by atoms with Crippen molar-refractivity contribution in [1.29, 1.82) is 0 Å². The molecule has 0 spiro atoms. The maximum Gasteiger partial charge on any atom is 0.407 e. The smallest absolute Gasteiger partial charge is 0.407 e. The van der Waals surface area contributed by atoms with Gasteiger partial charge in [-0.15, -0.1) is 13.2 Å². The summed E-state index contributed by atoms with van der Waals surface area (Å²) in [6.45, 7) is 11.7. The van der Waals surface area contributed by atoms with Gasteiger partial charge in [0.2, 0.25) is 0 Å². The number of likely N-dealkylation sites (tertiary alicyclic amines) is 1. The van der Waals surface area contributed by atoms with E-state index in [2.05, 4.69) is 43.0 Å². The Morgan fingerprint density at radius 1 is 1.26 bits per heavy atom. The Labute approximate surface area is 140 Å². The molecule has 3 fully saturated rings. The molecule has 130 valence electrons. The highest BCUT2D eigenvalue weighted by molar-refractivity contribution is 5.64. The molecule has 0 aromatic carbocycles. The van der Waals surface area contributed by atoms with Crippen LogP contribution in [0.2, 0.25) is 0 Å². The van der Waals surface area contributed by atoms with Crippen LogP contribution in [0.1, 0.15) is 39.0 Å². The minimum Gasteiger partial charge on any atom is -0.465 e. The molecular formula is C19H31NO3. The van der Waals surface area contributed by atoms with Crippen molar-refractivity contribution in [2.75, 3.05) is 26.3 Å². The summed E-state index contributed by atoms with van der Waals surface area (Å²) in [6.07, 6.45) is 12.2. The minimum atomic E-state index is -0.769. The number of carbonyl (C=O) groups is 1. The van der Waals surface area contributed by atoms with Crippen LogP contribution in [0.3, 0.4) is 0 Å². The monoisotopic (exact) mass is 321 g/mol. The fourth-order valence-electron chi connectivity index (χ4n) is 2.55. The quantitative estimate of drug-likeness (QED) is 0.571. The Morgan fingerprint density at radius 3 is 2.26 bits per heavy atom. The number of epoxide rings is 1. The van der Waals surface area contributed by atoms with Gasteiger partial charge in [0.1, 0.15) is 0 Å². The fourth-order valence-corrected chi connectivity index (χ4v) is 2.55. The first-order chi connectivity index (χ1) is 11.2. The molecule has 4 nitrogen and oxygen atoms in total. The number of carboxylic acid groups (broad SMARTS) is 1. The van der Waals surface area contributed by atoms with Crippen LogP contribution in [-0.2, 0) is 4.74 Å². The third-order valence-electron chi connectivity index (χ3n) is 4.12. The number of fused-ring (bicyclic) bond motifs is 1. The molecule has 2 aliphatic heterocycles. The SMILES string of the molecule is C1CO1.C=C.CCC1=CC2CC2C=C1.O=C(O)N1CCCCC1. The number of rotatable bonds is 1. The van der Waals surface area contributed by atoms with Crippen molar-refractivity contribution >= 4 is 6.09 Å². The van der Waals surface area contributed by atoms with Crippen LogP contribution in [0.4, 0.5) is 4.79 Å². The standard InChI is InChI=1S/C9H12.C6H11NO2.C2H4O.C2H4/c1-2-7-3-4-8-6-9(8)5-7;8-6(9)7-4-2-1-3-5-7;1-2-3-1;1-2/h3-5,8-9H,2,6H2,1H3;1-5H2,(H,8,9);1-2H2;1-2H2. The Morgan fingerprint density at radius 2 is 1.87 bits per heavy atom. The van der Waals surface area contributed by atoms with Crippen molar-refractivity contribution in [3.05, 3.63) is 37.0 Å². The molecule has 2 saturated heterocycles. The second-order valence-corrected chi connectivity index (χ2v) is 5.96. The number of hydrogen-bond donors (Lipinski definition) is 1. The summed E-state index contributed by atoms with van der Waals surface area (Å²) >= 11 is 0. The van der Waals surface area contributed by atoms with E-state index < -0.39 is 6.09 Å². The van der Waals surface area contributed by atoms with Gasteiger partial charge >= 0.3 is 6.09 Å². The van der Waals surface area contributed by atoms with Gasteiger partial charge in [0.05, 0.1) is 13.2 Å². The summed E-state index contributed by atoms with van der Waals surface area (Å²) in [4.78, 5) is 11.8. The first-order valence-corrected chi connectivity index (χ1v) is 8.65. The third-order valence-corrected chi connectivity index (χ3v) is 4.12. The molecule has 0 bridgehead atoms. The van der Waals surface area contributed by atoms with Crippen molar-refractivity contribution in [2.24, 2.45) is 11.8 Å². The zero-order valence-corrected chi connectivity index (χ0v) is 14.4. The number of hydrogen-bond acceptors (Lipinski definition) is 2. The molecule has 1 amide bonds. The van der Waals surface area contributed by atoms with Gasteiger partial charge in [-0.1, -0.05) is 30.7 Å². The van der Waals surface area contributed by atoms with Crippen LogP contribution in [0.25, 0.3) is 0 Å². The van der Waals surface area contributed by atoms with Crippen LogP contribution in [-0.4, -0.2) is 42.4 Å². The van der Waals surface area contributed by atoms with Crippen LogP contribution in [0, 0.1) is 11.8 Å². The zero-order valence-electron chi connectivity index (χ0n) is 14.4. The van der Waals surface area contributed by atoms with Gasteiger partial charge in [-0.2, -0.15) is 0 Å². The second kappa shape index (κ2) is 11.1. The van der Waals surface area contributed by atoms with Crippen LogP contribution < -0.4 is 0 Å². The van der Waals surface area contributed by atoms with Gasteiger partial charge < -0.3 is 14.7 Å². The highest BCUT2D eigenvalue weighted by Crippen LogP contribution is 2.44. The lowest BCUT2D eigenvalue weighted by Gasteiger charge is -2.22. The maximum atomic E-state index is 10.3. The number of ether oxygens (including phenoxy) is 1. The van der Waals surface area contributed by atoms with E-state index in [1.54, 1.807) is 0 Å². The summed E-state index contributed by atoms with van der Waals surface area (Å²) in [5.74, 6) is 1.87. The fraction of sp³-hybridized carbons (Fsp3) is 0.632. The first kappa shape index (κ1) is 19.5. The van der Waals surface area contributed by atoms with Gasteiger partial charge in [-0.3, -0.25) is 0 Å². The number of allylic oxidation sites excluding steroid dienone is 4. The lowest BCUT2D eigenvalue weighted by molar-refractivity contribution is 0.136. The molecule has 2 unspecified atom stereocenters. The Hall–Kier alpha value is -1.55. The lowest BCUT2D eigenvalue weighted by Crippen LogP contribution is -2.34. The molecule has 0 aromatic heterocycles. The van der Waals surface area contributed by atoms with Crippen molar-refractivity contribution in [3.8, 4) is 0 Å². The molecule has 0 radical (unpaired) electrons. The topological polar surface area (TPSA) is 53.1 Å². The van der Waals surface area contributed by atoms with E-state index in [1.807, 2.05) is 0 Å². The van der Waals surface area contributed by atoms with Crippen LogP contribution >= 0.6 is 0 Å². The van der Waals surface area contributed by atoms with Crippen molar-refractivity contribution < 1.29 is 14.6 Å². The molecule has 1 N–H and O–H groups in total. The largest absolute Gasteiger partial charge is 0.465 e. The second-order valence-electron chi connectivity index (χ2n) is 5.96. The van der Waals surface area contributed by atoms with Crippen molar-refractivity contribution in [3.63, 3.8) is 0 Å². The molecule has 2 atom stereocenters. The van der Waals surface area contributed by atoms with Crippen molar-refractivity contribution in [1.82, 2.24) is 4.90 Å². The van der Waals surface area contributed by atoms with Gasteiger partial charge in [0.15, 0.2) is 0 Å². The summed E-state index contributed by atoms with van der Waals surface area (Å²) < 4.78 is 4.50. The van der Waals surface area contributed by atoms with Crippen LogP contribution in [0.15, 0.2) is 37.0 Å². The summed E-state index contributed by atoms with van der Waals surface area (Å²) in [6, 6.07) is 0. The van der Waals surface area contributed by atoms with E-state index in [1.165, 1.54) is 29.7 Å². The molecule has 2 aliphatic carbocycles. The zero-order chi connectivity index (χ0) is 17.1. The van der Waals surface area contributed by atoms with E-state index in [4.69, 9.17) is 5.11 Å². The normalized spacial score (nSPS) is 25.8. The third kappa shape index (κ3) is 8.60. The molecule has 4 heteroatoms. The highest BCUT2D eigenvalue weighted by atomic mass is 16.6. The van der Waals surface area contributed by atoms with Gasteiger partial charge in [0, 0.05) is 13.1 Å². The molecule has 4 rings (SSSR count). The van der Waals surface area contributed by atoms with Crippen LogP contribution in [0.5, 0.6) is 0 Å². The first-order valence-electron chi connectivity index (χ1n) is 8.65. The molecule has 23 heavy (non-hydrogen) atoms. The van der Waals surface area contributed by atoms with E-state index in [0.717, 1.165) is 51.0 Å². The molecular weight excluding hydrogens is 290 g/mol. The number of nitrogens with zero attached hydrogens (tertiary/aromatic N) is 1. The molecule has 0 aromatic rings. The van der Waals surface area contributed by atoms with E-state index in [-0.39, 0.29) is 0 Å². The molecule has 2 heterocycles. The Balaban J connectivity index is 0.000000179. The predicted molar refractivity (Wildman–Crippen MR) is 94.6 cm³/mol. The Kier molecular flexibility index (Phi) is 9.37. The lowest BCUT2D eigenvalue weighted by atomic mass is 10.1. The summed E-state index contributed by atoms with van der Waals surface area (Å²) in [5.41, 5.74) is 1.54. The van der Waals surface area contributed by atoms with Gasteiger partial charge in [-0.25, -0.2) is 4.79 Å². The average molecular weight is 321 g/mol.